The summed E-state index contributed by atoms with van der Waals surface area (Å²) in [6, 6.07) is 5.72. The van der Waals surface area contributed by atoms with E-state index in [1.165, 1.54) is 24.2 Å². The molecule has 0 radical (unpaired) electrons. The maximum absolute atomic E-state index is 12.4. The molecule has 2 aromatic heterocycles. The predicted molar refractivity (Wildman–Crippen MR) is 97.3 cm³/mol. The van der Waals surface area contributed by atoms with Crippen LogP contribution in [0.3, 0.4) is 0 Å². The van der Waals surface area contributed by atoms with Gasteiger partial charge in [-0.2, -0.15) is 0 Å². The average molecular weight is 344 g/mol. The number of carbonyl (C=O) groups is 1. The topological polar surface area (TPSA) is 58.1 Å². The second-order valence-corrected chi connectivity index (χ2v) is 7.43. The standard InChI is InChI=1S/C18H24N4OS/c1-13-6-10-22(11-7-13)12-9-20-17(23)16-14(2)21-18(24-16)15-5-3-4-8-19-15/h3-5,8,13H,6-7,9-12H2,1-2H3,(H,20,23). The van der Waals surface area contributed by atoms with Gasteiger partial charge in [0, 0.05) is 19.3 Å². The number of piperidine rings is 1. The maximum Gasteiger partial charge on any atom is 0.263 e. The van der Waals surface area contributed by atoms with Gasteiger partial charge < -0.3 is 10.2 Å². The van der Waals surface area contributed by atoms with Crippen LogP contribution in [0, 0.1) is 12.8 Å². The molecule has 1 amide bonds. The molecule has 0 aliphatic carbocycles. The SMILES string of the molecule is Cc1nc(-c2ccccn2)sc1C(=O)NCCN1CCC(C)CC1. The van der Waals surface area contributed by atoms with Gasteiger partial charge in [0.1, 0.15) is 9.88 Å². The number of rotatable bonds is 5. The van der Waals surface area contributed by atoms with E-state index in [-0.39, 0.29) is 5.91 Å². The molecular weight excluding hydrogens is 320 g/mol. The fraction of sp³-hybridized carbons (Fsp3) is 0.500. The first kappa shape index (κ1) is 17.0. The summed E-state index contributed by atoms with van der Waals surface area (Å²) in [7, 11) is 0. The lowest BCUT2D eigenvalue weighted by Crippen LogP contribution is -2.39. The summed E-state index contributed by atoms with van der Waals surface area (Å²) in [6.07, 6.45) is 4.26. The summed E-state index contributed by atoms with van der Waals surface area (Å²) in [5, 5.41) is 3.83. The van der Waals surface area contributed by atoms with Gasteiger partial charge in [0.2, 0.25) is 0 Å². The minimum absolute atomic E-state index is 0.0300. The van der Waals surface area contributed by atoms with Crippen LogP contribution in [-0.4, -0.2) is 47.0 Å². The maximum atomic E-state index is 12.4. The third kappa shape index (κ3) is 4.19. The van der Waals surface area contributed by atoms with Crippen molar-refractivity contribution in [2.24, 2.45) is 5.92 Å². The lowest BCUT2D eigenvalue weighted by atomic mass is 9.99. The number of nitrogens with one attached hydrogen (secondary N) is 1. The van der Waals surface area contributed by atoms with Crippen LogP contribution in [0.1, 0.15) is 35.1 Å². The van der Waals surface area contributed by atoms with Gasteiger partial charge in [0.25, 0.3) is 5.91 Å². The zero-order chi connectivity index (χ0) is 16.9. The zero-order valence-corrected chi connectivity index (χ0v) is 15.1. The van der Waals surface area contributed by atoms with Crippen LogP contribution in [0.25, 0.3) is 10.7 Å². The molecule has 6 heteroatoms. The number of thiazole rings is 1. The molecule has 3 rings (SSSR count). The first-order valence-electron chi connectivity index (χ1n) is 8.53. The van der Waals surface area contributed by atoms with Crippen LogP contribution >= 0.6 is 11.3 Å². The van der Waals surface area contributed by atoms with Gasteiger partial charge in [-0.25, -0.2) is 4.98 Å². The first-order valence-corrected chi connectivity index (χ1v) is 9.34. The molecule has 24 heavy (non-hydrogen) atoms. The Labute approximate surface area is 147 Å². The van der Waals surface area contributed by atoms with E-state index in [9.17, 15) is 4.79 Å². The van der Waals surface area contributed by atoms with Crippen LogP contribution in [0.2, 0.25) is 0 Å². The molecular formula is C18H24N4OS. The van der Waals surface area contributed by atoms with Crippen molar-refractivity contribution >= 4 is 17.2 Å². The second kappa shape index (κ2) is 7.85. The lowest BCUT2D eigenvalue weighted by molar-refractivity contribution is 0.0947. The number of aryl methyl sites for hydroxylation is 1. The molecule has 0 saturated carbocycles. The highest BCUT2D eigenvalue weighted by atomic mass is 32.1. The normalized spacial score (nSPS) is 16.2. The molecule has 3 heterocycles. The van der Waals surface area contributed by atoms with Crippen molar-refractivity contribution in [3.63, 3.8) is 0 Å². The summed E-state index contributed by atoms with van der Waals surface area (Å²) >= 11 is 1.41. The Kier molecular flexibility index (Phi) is 5.58. The van der Waals surface area contributed by atoms with Crippen molar-refractivity contribution in [1.29, 1.82) is 0 Å². The van der Waals surface area contributed by atoms with E-state index in [2.05, 4.69) is 27.1 Å². The number of nitrogens with zero attached hydrogens (tertiary/aromatic N) is 3. The van der Waals surface area contributed by atoms with Gasteiger partial charge in [-0.15, -0.1) is 11.3 Å². The molecule has 0 aromatic carbocycles. The van der Waals surface area contributed by atoms with Crippen LogP contribution < -0.4 is 5.32 Å². The number of aromatic nitrogens is 2. The fourth-order valence-electron chi connectivity index (χ4n) is 2.90. The monoisotopic (exact) mass is 344 g/mol. The van der Waals surface area contributed by atoms with Gasteiger partial charge in [-0.3, -0.25) is 9.78 Å². The van der Waals surface area contributed by atoms with Crippen molar-refractivity contribution in [2.75, 3.05) is 26.2 Å². The largest absolute Gasteiger partial charge is 0.350 e. The molecule has 0 atom stereocenters. The zero-order valence-electron chi connectivity index (χ0n) is 14.3. The van der Waals surface area contributed by atoms with E-state index in [0.29, 0.717) is 11.4 Å². The van der Waals surface area contributed by atoms with Crippen LogP contribution in [0.4, 0.5) is 0 Å². The summed E-state index contributed by atoms with van der Waals surface area (Å²) in [5.74, 6) is 0.804. The Morgan fingerprint density at radius 3 is 2.88 bits per heavy atom. The van der Waals surface area contributed by atoms with Crippen LogP contribution in [0.15, 0.2) is 24.4 Å². The van der Waals surface area contributed by atoms with Crippen LogP contribution in [-0.2, 0) is 0 Å². The Balaban J connectivity index is 1.55. The van der Waals surface area contributed by atoms with Crippen LogP contribution in [0.5, 0.6) is 0 Å². The number of hydrogen-bond acceptors (Lipinski definition) is 5. The highest BCUT2D eigenvalue weighted by Crippen LogP contribution is 2.26. The van der Waals surface area contributed by atoms with E-state index in [1.807, 2.05) is 25.1 Å². The van der Waals surface area contributed by atoms with E-state index < -0.39 is 0 Å². The van der Waals surface area contributed by atoms with Gasteiger partial charge >= 0.3 is 0 Å². The minimum Gasteiger partial charge on any atom is -0.350 e. The number of hydrogen-bond donors (Lipinski definition) is 1. The number of amides is 1. The summed E-state index contributed by atoms with van der Waals surface area (Å²) in [4.78, 5) is 24.3. The quantitative estimate of drug-likeness (QED) is 0.906. The van der Waals surface area contributed by atoms with Crippen molar-refractivity contribution in [2.45, 2.75) is 26.7 Å². The highest BCUT2D eigenvalue weighted by molar-refractivity contribution is 7.17. The van der Waals surface area contributed by atoms with Crippen molar-refractivity contribution in [1.82, 2.24) is 20.2 Å². The van der Waals surface area contributed by atoms with Gasteiger partial charge in [0.05, 0.1) is 11.4 Å². The molecule has 1 aliphatic heterocycles. The predicted octanol–water partition coefficient (Wildman–Crippen LogP) is 2.98. The first-order chi connectivity index (χ1) is 11.6. The molecule has 0 bridgehead atoms. The summed E-state index contributed by atoms with van der Waals surface area (Å²) < 4.78 is 0. The van der Waals surface area contributed by atoms with E-state index in [4.69, 9.17) is 0 Å². The van der Waals surface area contributed by atoms with E-state index in [1.54, 1.807) is 6.20 Å². The van der Waals surface area contributed by atoms with Crippen molar-refractivity contribution in [3.05, 3.63) is 35.0 Å². The Bertz CT molecular complexity index is 678. The Hall–Kier alpha value is -1.79. The van der Waals surface area contributed by atoms with E-state index >= 15 is 0 Å². The Morgan fingerprint density at radius 1 is 1.38 bits per heavy atom. The second-order valence-electron chi connectivity index (χ2n) is 6.43. The van der Waals surface area contributed by atoms with Gasteiger partial charge in [-0.05, 0) is 50.9 Å². The molecule has 1 aliphatic rings. The molecule has 2 aromatic rings. The molecule has 0 unspecified atom stereocenters. The van der Waals surface area contributed by atoms with Crippen molar-refractivity contribution in [3.8, 4) is 10.7 Å². The summed E-state index contributed by atoms with van der Waals surface area (Å²) in [5.41, 5.74) is 1.58. The summed E-state index contributed by atoms with van der Waals surface area (Å²) in [6.45, 7) is 8.07. The third-order valence-electron chi connectivity index (χ3n) is 4.48. The number of carbonyl (C=O) groups excluding carboxylic acids is 1. The molecule has 1 N–H and O–H groups in total. The Morgan fingerprint density at radius 2 is 2.17 bits per heavy atom. The lowest BCUT2D eigenvalue weighted by Gasteiger charge is -2.30. The molecule has 1 saturated heterocycles. The minimum atomic E-state index is -0.0300. The average Bonchev–Trinajstić information content (AvgIpc) is 2.99. The van der Waals surface area contributed by atoms with Gasteiger partial charge in [-0.1, -0.05) is 13.0 Å². The molecule has 0 spiro atoms. The molecule has 1 fully saturated rings. The highest BCUT2D eigenvalue weighted by Gasteiger charge is 2.18. The van der Waals surface area contributed by atoms with Gasteiger partial charge in [0.15, 0.2) is 0 Å². The fourth-order valence-corrected chi connectivity index (χ4v) is 3.86. The number of likely N-dealkylation sites (tertiary alicyclic amines) is 1. The third-order valence-corrected chi connectivity index (χ3v) is 5.66. The molecule has 5 nitrogen and oxygen atoms in total. The molecule has 128 valence electrons. The number of pyridine rings is 1. The van der Waals surface area contributed by atoms with Crippen molar-refractivity contribution < 1.29 is 4.79 Å². The van der Waals surface area contributed by atoms with E-state index in [0.717, 1.165) is 41.9 Å². The smallest absolute Gasteiger partial charge is 0.263 e.